The smallest absolute Gasteiger partial charge is 0.407 e. The van der Waals surface area contributed by atoms with E-state index in [1.165, 1.54) is 0 Å². The van der Waals surface area contributed by atoms with Gasteiger partial charge in [-0.05, 0) is 45.1 Å². The number of carbonyl (C=O) groups is 2. The highest BCUT2D eigenvalue weighted by molar-refractivity contribution is 5.70. The first-order valence-electron chi connectivity index (χ1n) is 9.42. The predicted octanol–water partition coefficient (Wildman–Crippen LogP) is 4.23. The van der Waals surface area contributed by atoms with Crippen LogP contribution in [0.5, 0.6) is 0 Å². The van der Waals surface area contributed by atoms with Gasteiger partial charge >= 0.3 is 12.1 Å². The van der Waals surface area contributed by atoms with E-state index in [0.717, 1.165) is 5.56 Å². The summed E-state index contributed by atoms with van der Waals surface area (Å²) < 4.78 is 11.1. The lowest BCUT2D eigenvalue weighted by Gasteiger charge is -2.25. The monoisotopic (exact) mass is 379 g/mol. The van der Waals surface area contributed by atoms with Crippen molar-refractivity contribution in [2.24, 2.45) is 11.8 Å². The van der Waals surface area contributed by atoms with Crippen molar-refractivity contribution in [2.45, 2.75) is 65.7 Å². The minimum Gasteiger partial charge on any atom is -0.481 e. The molecule has 0 aliphatic carbocycles. The second kappa shape index (κ2) is 10.9. The third kappa shape index (κ3) is 9.99. The number of amides is 1. The van der Waals surface area contributed by atoms with E-state index in [9.17, 15) is 14.7 Å². The van der Waals surface area contributed by atoms with Crippen molar-refractivity contribution in [2.75, 3.05) is 6.61 Å². The van der Waals surface area contributed by atoms with Gasteiger partial charge in [-0.15, -0.1) is 0 Å². The lowest BCUT2D eigenvalue weighted by atomic mass is 9.90. The molecule has 0 fully saturated rings. The highest BCUT2D eigenvalue weighted by Crippen LogP contribution is 2.19. The maximum absolute atomic E-state index is 12.1. The summed E-state index contributed by atoms with van der Waals surface area (Å²) in [6.45, 7) is 9.90. The third-order valence-electron chi connectivity index (χ3n) is 4.10. The van der Waals surface area contributed by atoms with Crippen molar-refractivity contribution < 1.29 is 24.2 Å². The fourth-order valence-corrected chi connectivity index (χ4v) is 2.69. The van der Waals surface area contributed by atoms with Gasteiger partial charge in [-0.25, -0.2) is 4.79 Å². The van der Waals surface area contributed by atoms with Gasteiger partial charge in [0.1, 0.15) is 5.60 Å². The molecule has 27 heavy (non-hydrogen) atoms. The lowest BCUT2D eigenvalue weighted by Crippen LogP contribution is -2.42. The largest absolute Gasteiger partial charge is 0.481 e. The molecule has 2 N–H and O–H groups in total. The minimum atomic E-state index is -0.814. The molecule has 0 aromatic heterocycles. The van der Waals surface area contributed by atoms with Gasteiger partial charge < -0.3 is 19.9 Å². The number of aliphatic carboxylic acids is 1. The van der Waals surface area contributed by atoms with Crippen LogP contribution in [-0.2, 0) is 20.9 Å². The molecule has 0 bridgehead atoms. The Bertz CT molecular complexity index is 580. The fourth-order valence-electron chi connectivity index (χ4n) is 2.69. The van der Waals surface area contributed by atoms with Gasteiger partial charge in [-0.3, -0.25) is 4.79 Å². The molecule has 0 aliphatic rings. The van der Waals surface area contributed by atoms with E-state index in [-0.39, 0.29) is 12.0 Å². The van der Waals surface area contributed by atoms with E-state index >= 15 is 0 Å². The van der Waals surface area contributed by atoms with Gasteiger partial charge in [0.2, 0.25) is 0 Å². The molecule has 1 rings (SSSR count). The first-order valence-corrected chi connectivity index (χ1v) is 9.42. The Kier molecular flexibility index (Phi) is 9.29. The Morgan fingerprint density at radius 2 is 1.74 bits per heavy atom. The summed E-state index contributed by atoms with van der Waals surface area (Å²) in [5, 5.41) is 12.2. The summed E-state index contributed by atoms with van der Waals surface area (Å²) in [6, 6.07) is 9.44. The average molecular weight is 379 g/mol. The third-order valence-corrected chi connectivity index (χ3v) is 4.10. The van der Waals surface area contributed by atoms with Crippen LogP contribution in [0.2, 0.25) is 0 Å². The number of hydrogen-bond donors (Lipinski definition) is 2. The molecule has 152 valence electrons. The van der Waals surface area contributed by atoms with Crippen LogP contribution in [-0.4, -0.2) is 35.4 Å². The summed E-state index contributed by atoms with van der Waals surface area (Å²) in [4.78, 5) is 23.5. The van der Waals surface area contributed by atoms with E-state index < -0.39 is 23.6 Å². The molecule has 0 heterocycles. The number of ether oxygens (including phenoxy) is 2. The summed E-state index contributed by atoms with van der Waals surface area (Å²) in [6.07, 6.45) is 0.443. The van der Waals surface area contributed by atoms with Gasteiger partial charge in [0, 0.05) is 0 Å². The first kappa shape index (κ1) is 23.0. The Morgan fingerprint density at radius 3 is 2.26 bits per heavy atom. The van der Waals surface area contributed by atoms with Crippen molar-refractivity contribution >= 4 is 12.1 Å². The van der Waals surface area contributed by atoms with Crippen LogP contribution in [0.3, 0.4) is 0 Å². The summed E-state index contributed by atoms with van der Waals surface area (Å²) in [7, 11) is 0. The highest BCUT2D eigenvalue weighted by atomic mass is 16.6. The molecule has 0 saturated heterocycles. The summed E-state index contributed by atoms with van der Waals surface area (Å²) >= 11 is 0. The number of carbonyl (C=O) groups excluding carboxylic acids is 1. The van der Waals surface area contributed by atoms with Crippen molar-refractivity contribution in [3.8, 4) is 0 Å². The number of carboxylic acids is 1. The van der Waals surface area contributed by atoms with E-state index in [0.29, 0.717) is 26.1 Å². The molecule has 1 unspecified atom stereocenters. The maximum atomic E-state index is 12.1. The van der Waals surface area contributed by atoms with Crippen LogP contribution in [0, 0.1) is 11.8 Å². The van der Waals surface area contributed by atoms with E-state index in [1.54, 1.807) is 20.8 Å². The zero-order chi connectivity index (χ0) is 20.4. The highest BCUT2D eigenvalue weighted by Gasteiger charge is 2.25. The lowest BCUT2D eigenvalue weighted by molar-refractivity contribution is -0.143. The number of rotatable bonds is 10. The molecule has 0 radical (unpaired) electrons. The normalized spacial score (nSPS) is 13.9. The second-order valence-electron chi connectivity index (χ2n) is 8.11. The fraction of sp³-hybridized carbons (Fsp3) is 0.619. The van der Waals surface area contributed by atoms with Crippen molar-refractivity contribution in [1.29, 1.82) is 0 Å². The second-order valence-corrected chi connectivity index (χ2v) is 8.11. The molecule has 6 heteroatoms. The van der Waals surface area contributed by atoms with E-state index in [4.69, 9.17) is 9.47 Å². The molecule has 0 aliphatic heterocycles. The van der Waals surface area contributed by atoms with Crippen LogP contribution >= 0.6 is 0 Å². The van der Waals surface area contributed by atoms with Crippen molar-refractivity contribution in [1.82, 2.24) is 5.32 Å². The molecule has 1 aromatic carbocycles. The Labute approximate surface area is 162 Å². The van der Waals surface area contributed by atoms with Gasteiger partial charge in [0.25, 0.3) is 0 Å². The number of carboxylic acid groups (broad SMARTS) is 1. The Hall–Kier alpha value is -2.08. The maximum Gasteiger partial charge on any atom is 0.407 e. The van der Waals surface area contributed by atoms with Gasteiger partial charge in [-0.1, -0.05) is 44.2 Å². The standard InChI is InChI=1S/C21H33NO5/c1-15(2)18(19(23)24)12-11-17(22-20(25)27-21(3,4)5)14-26-13-16-9-7-6-8-10-16/h6-10,15,17-18H,11-14H2,1-5H3,(H,22,25)(H,23,24)/t17?,18-/m0/s1. The molecule has 2 atom stereocenters. The van der Waals surface area contributed by atoms with E-state index in [1.807, 2.05) is 44.2 Å². The van der Waals surface area contributed by atoms with Crippen LogP contribution in [0.4, 0.5) is 4.79 Å². The predicted molar refractivity (Wildman–Crippen MR) is 104 cm³/mol. The zero-order valence-electron chi connectivity index (χ0n) is 17.0. The SMILES string of the molecule is CC(C)[C@H](CCC(COCc1ccccc1)NC(=O)OC(C)(C)C)C(=O)O. The minimum absolute atomic E-state index is 0.0231. The zero-order valence-corrected chi connectivity index (χ0v) is 17.0. The van der Waals surface area contributed by atoms with Crippen molar-refractivity contribution in [3.05, 3.63) is 35.9 Å². The Balaban J connectivity index is 2.64. The number of hydrogen-bond acceptors (Lipinski definition) is 4. The van der Waals surface area contributed by atoms with Crippen molar-refractivity contribution in [3.63, 3.8) is 0 Å². The first-order chi connectivity index (χ1) is 12.6. The molecular weight excluding hydrogens is 346 g/mol. The average Bonchev–Trinajstić information content (AvgIpc) is 2.53. The molecule has 0 saturated carbocycles. The van der Waals surface area contributed by atoms with Gasteiger partial charge in [-0.2, -0.15) is 0 Å². The molecular formula is C21H33NO5. The number of nitrogens with one attached hydrogen (secondary N) is 1. The van der Waals surface area contributed by atoms with Gasteiger partial charge in [0.15, 0.2) is 0 Å². The van der Waals surface area contributed by atoms with Gasteiger partial charge in [0.05, 0.1) is 25.2 Å². The van der Waals surface area contributed by atoms with Crippen LogP contribution in [0.1, 0.15) is 53.0 Å². The Morgan fingerprint density at radius 1 is 1.11 bits per heavy atom. The van der Waals surface area contributed by atoms with Crippen LogP contribution < -0.4 is 5.32 Å². The number of benzene rings is 1. The van der Waals surface area contributed by atoms with Crippen LogP contribution in [0.25, 0.3) is 0 Å². The molecule has 1 amide bonds. The topological polar surface area (TPSA) is 84.9 Å². The molecule has 0 spiro atoms. The van der Waals surface area contributed by atoms with Crippen LogP contribution in [0.15, 0.2) is 30.3 Å². The summed E-state index contributed by atoms with van der Waals surface area (Å²) in [5.41, 5.74) is 0.445. The van der Waals surface area contributed by atoms with E-state index in [2.05, 4.69) is 5.32 Å². The number of alkyl carbamates (subject to hydrolysis) is 1. The molecule has 6 nitrogen and oxygen atoms in total. The molecule has 1 aromatic rings. The summed E-state index contributed by atoms with van der Waals surface area (Å²) in [5.74, 6) is -1.25. The quantitative estimate of drug-likeness (QED) is 0.635.